The van der Waals surface area contributed by atoms with E-state index in [9.17, 15) is 19.8 Å². The van der Waals surface area contributed by atoms with Gasteiger partial charge in [0.05, 0.1) is 0 Å². The van der Waals surface area contributed by atoms with E-state index < -0.39 is 18.1 Å². The summed E-state index contributed by atoms with van der Waals surface area (Å²) in [7, 11) is 0. The molecule has 1 heterocycles. The number of primary amides is 1. The van der Waals surface area contributed by atoms with Crippen molar-refractivity contribution in [1.82, 2.24) is 4.98 Å². The lowest BCUT2D eigenvalue weighted by atomic mass is 10.0. The van der Waals surface area contributed by atoms with E-state index in [2.05, 4.69) is 4.98 Å². The molecule has 0 aliphatic carbocycles. The predicted molar refractivity (Wildman–Crippen MR) is 63.8 cm³/mol. The molecule has 2 atom stereocenters. The molecule has 1 amide bonds. The van der Waals surface area contributed by atoms with Gasteiger partial charge in [-0.3, -0.25) is 9.59 Å². The smallest absolute Gasteiger partial charge is 0.249 e. The van der Waals surface area contributed by atoms with Crippen LogP contribution in [0, 0.1) is 0 Å². The number of aromatic amines is 1. The molecule has 18 heavy (non-hydrogen) atoms. The van der Waals surface area contributed by atoms with Gasteiger partial charge in [0.1, 0.15) is 6.10 Å². The lowest BCUT2D eigenvalue weighted by molar-refractivity contribution is -0.131. The first-order chi connectivity index (χ1) is 8.54. The zero-order chi connectivity index (χ0) is 13.3. The Hall–Kier alpha value is -2.18. The van der Waals surface area contributed by atoms with Crippen molar-refractivity contribution in [2.24, 2.45) is 5.73 Å². The van der Waals surface area contributed by atoms with Crippen molar-refractivity contribution in [3.05, 3.63) is 35.5 Å². The molecule has 6 nitrogen and oxygen atoms in total. The highest BCUT2D eigenvalue weighted by Gasteiger charge is 2.23. The second-order valence-corrected chi connectivity index (χ2v) is 3.96. The van der Waals surface area contributed by atoms with Crippen LogP contribution in [0.4, 0.5) is 0 Å². The van der Waals surface area contributed by atoms with Crippen molar-refractivity contribution in [2.75, 3.05) is 0 Å². The number of aromatic nitrogens is 1. The highest BCUT2D eigenvalue weighted by atomic mass is 16.3. The summed E-state index contributed by atoms with van der Waals surface area (Å²) in [5, 5.41) is 19.8. The van der Waals surface area contributed by atoms with Crippen molar-refractivity contribution in [2.45, 2.75) is 12.2 Å². The lowest BCUT2D eigenvalue weighted by Gasteiger charge is -2.15. The molecule has 0 bridgehead atoms. The minimum atomic E-state index is -1.66. The van der Waals surface area contributed by atoms with Gasteiger partial charge in [-0.25, -0.2) is 0 Å². The number of hydrogen-bond acceptors (Lipinski definition) is 4. The van der Waals surface area contributed by atoms with Gasteiger partial charge >= 0.3 is 0 Å². The summed E-state index contributed by atoms with van der Waals surface area (Å²) in [6, 6.07) is 4.71. The van der Waals surface area contributed by atoms with Crippen molar-refractivity contribution in [3.8, 4) is 0 Å². The van der Waals surface area contributed by atoms with Gasteiger partial charge in [-0.05, 0) is 11.6 Å². The van der Waals surface area contributed by atoms with Crippen molar-refractivity contribution >= 4 is 23.1 Å². The number of H-pyrrole nitrogens is 1. The summed E-state index contributed by atoms with van der Waals surface area (Å²) in [6.45, 7) is 0. The Labute approximate surface area is 102 Å². The highest BCUT2D eigenvalue weighted by molar-refractivity contribution is 5.97. The van der Waals surface area contributed by atoms with Gasteiger partial charge in [-0.1, -0.05) is 12.1 Å². The van der Waals surface area contributed by atoms with E-state index in [0.717, 1.165) is 0 Å². The maximum atomic E-state index is 10.8. The Morgan fingerprint density at radius 2 is 2.11 bits per heavy atom. The number of aliphatic hydroxyl groups is 2. The second kappa shape index (κ2) is 4.59. The third-order valence-electron chi connectivity index (χ3n) is 2.80. The molecule has 2 rings (SSSR count). The summed E-state index contributed by atoms with van der Waals surface area (Å²) in [4.78, 5) is 24.4. The molecular weight excluding hydrogens is 236 g/mol. The number of rotatable bonds is 4. The predicted octanol–water partition coefficient (Wildman–Crippen LogP) is -0.140. The van der Waals surface area contributed by atoms with Crippen LogP contribution < -0.4 is 5.73 Å². The normalized spacial score (nSPS) is 14.3. The quantitative estimate of drug-likeness (QED) is 0.563. The Morgan fingerprint density at radius 1 is 1.39 bits per heavy atom. The zero-order valence-corrected chi connectivity index (χ0v) is 9.33. The van der Waals surface area contributed by atoms with Crippen LogP contribution in [-0.2, 0) is 4.79 Å². The second-order valence-electron chi connectivity index (χ2n) is 3.96. The van der Waals surface area contributed by atoms with E-state index >= 15 is 0 Å². The fourth-order valence-corrected chi connectivity index (χ4v) is 1.79. The monoisotopic (exact) mass is 248 g/mol. The van der Waals surface area contributed by atoms with Gasteiger partial charge < -0.3 is 20.9 Å². The van der Waals surface area contributed by atoms with E-state index in [4.69, 9.17) is 5.73 Å². The maximum Gasteiger partial charge on any atom is 0.249 e. The first-order valence-corrected chi connectivity index (χ1v) is 5.26. The fourth-order valence-electron chi connectivity index (χ4n) is 1.79. The Balaban J connectivity index is 2.41. The van der Waals surface area contributed by atoms with Gasteiger partial charge in [0.15, 0.2) is 12.4 Å². The van der Waals surface area contributed by atoms with Crippen LogP contribution >= 0.6 is 0 Å². The average molecular weight is 248 g/mol. The van der Waals surface area contributed by atoms with Crippen LogP contribution in [0.3, 0.4) is 0 Å². The summed E-state index contributed by atoms with van der Waals surface area (Å²) >= 11 is 0. The molecule has 0 radical (unpaired) electrons. The number of aliphatic hydroxyl groups excluding tert-OH is 2. The molecule has 2 aromatic rings. The minimum absolute atomic E-state index is 0.341. The molecule has 1 aromatic heterocycles. The van der Waals surface area contributed by atoms with E-state index in [-0.39, 0.29) is 0 Å². The number of carbonyl (C=O) groups excluding carboxylic acids is 2. The van der Waals surface area contributed by atoms with E-state index in [1.807, 2.05) is 0 Å². The molecule has 0 fully saturated rings. The zero-order valence-electron chi connectivity index (χ0n) is 9.33. The van der Waals surface area contributed by atoms with Crippen LogP contribution in [0.5, 0.6) is 0 Å². The van der Waals surface area contributed by atoms with Gasteiger partial charge in [-0.15, -0.1) is 0 Å². The fraction of sp³-hybridized carbons (Fsp3) is 0.167. The third kappa shape index (κ3) is 1.99. The van der Waals surface area contributed by atoms with E-state index in [1.54, 1.807) is 18.3 Å². The largest absolute Gasteiger partial charge is 0.385 e. The molecule has 2 unspecified atom stereocenters. The Morgan fingerprint density at radius 3 is 2.72 bits per heavy atom. The minimum Gasteiger partial charge on any atom is -0.385 e. The molecule has 0 aliphatic heterocycles. The number of carbonyl (C=O) groups is 2. The van der Waals surface area contributed by atoms with Crippen molar-refractivity contribution < 1.29 is 19.8 Å². The van der Waals surface area contributed by atoms with E-state index in [1.165, 1.54) is 6.07 Å². The SMILES string of the molecule is NC(=O)C(O)C(O)c1ccc2c(C=O)c[nH]c2c1. The number of nitrogens with one attached hydrogen (secondary N) is 1. The summed E-state index contributed by atoms with van der Waals surface area (Å²) in [5.74, 6) is -0.998. The number of fused-ring (bicyclic) bond motifs is 1. The Kier molecular flexibility index (Phi) is 3.14. The van der Waals surface area contributed by atoms with Crippen molar-refractivity contribution in [3.63, 3.8) is 0 Å². The van der Waals surface area contributed by atoms with Crippen LogP contribution in [0.2, 0.25) is 0 Å². The number of nitrogens with two attached hydrogens (primary N) is 1. The van der Waals surface area contributed by atoms with Gasteiger partial charge in [-0.2, -0.15) is 0 Å². The molecule has 1 aromatic carbocycles. The first-order valence-electron chi connectivity index (χ1n) is 5.26. The van der Waals surface area contributed by atoms with Crippen molar-refractivity contribution in [1.29, 1.82) is 0 Å². The molecule has 94 valence electrons. The summed E-state index contributed by atoms with van der Waals surface area (Å²) in [6.07, 6.45) is -0.802. The lowest BCUT2D eigenvalue weighted by Crippen LogP contribution is -2.33. The molecular formula is C12H12N2O4. The van der Waals surface area contributed by atoms with E-state index in [0.29, 0.717) is 28.3 Å². The topological polar surface area (TPSA) is 116 Å². The molecule has 5 N–H and O–H groups in total. The van der Waals surface area contributed by atoms with Gasteiger partial charge in [0, 0.05) is 22.7 Å². The number of benzene rings is 1. The maximum absolute atomic E-state index is 10.8. The van der Waals surface area contributed by atoms with Crippen LogP contribution in [-0.4, -0.2) is 33.5 Å². The average Bonchev–Trinajstić information content (AvgIpc) is 2.78. The Bertz CT molecular complexity index is 605. The summed E-state index contributed by atoms with van der Waals surface area (Å²) < 4.78 is 0. The molecule has 0 saturated carbocycles. The number of amides is 1. The highest BCUT2D eigenvalue weighted by Crippen LogP contribution is 2.23. The molecule has 6 heteroatoms. The third-order valence-corrected chi connectivity index (χ3v) is 2.80. The molecule has 0 spiro atoms. The number of hydrogen-bond donors (Lipinski definition) is 4. The van der Waals surface area contributed by atoms with Crippen LogP contribution in [0.15, 0.2) is 24.4 Å². The molecule has 0 saturated heterocycles. The standard InChI is InChI=1S/C12H12N2O4/c13-12(18)11(17)10(16)6-1-2-8-7(5-15)4-14-9(8)3-6/h1-5,10-11,14,16-17H,(H2,13,18). The number of aldehydes is 1. The van der Waals surface area contributed by atoms with Gasteiger partial charge in [0.2, 0.25) is 5.91 Å². The summed E-state index contributed by atoms with van der Waals surface area (Å²) in [5.41, 5.74) is 6.38. The van der Waals surface area contributed by atoms with Crippen LogP contribution in [0.1, 0.15) is 22.0 Å². The van der Waals surface area contributed by atoms with Gasteiger partial charge in [0.25, 0.3) is 0 Å². The molecule has 0 aliphatic rings. The van der Waals surface area contributed by atoms with Crippen LogP contribution in [0.25, 0.3) is 10.9 Å². The first kappa shape index (κ1) is 12.3.